The summed E-state index contributed by atoms with van der Waals surface area (Å²) >= 11 is 6.00. The summed E-state index contributed by atoms with van der Waals surface area (Å²) in [6.45, 7) is 1.96. The summed E-state index contributed by atoms with van der Waals surface area (Å²) in [6, 6.07) is 10.8. The Labute approximate surface area is 109 Å². The SMILES string of the molecule is Cc1cc(-c2nc3ccc(O)cc3[nH]2)ccc1Cl. The second kappa shape index (κ2) is 4.03. The van der Waals surface area contributed by atoms with Crippen LogP contribution in [0.3, 0.4) is 0 Å². The summed E-state index contributed by atoms with van der Waals surface area (Å²) < 4.78 is 0. The molecule has 0 bridgehead atoms. The summed E-state index contributed by atoms with van der Waals surface area (Å²) in [4.78, 5) is 7.67. The molecule has 3 aromatic rings. The lowest BCUT2D eigenvalue weighted by atomic mass is 10.1. The summed E-state index contributed by atoms with van der Waals surface area (Å²) in [7, 11) is 0. The van der Waals surface area contributed by atoms with Crippen molar-refractivity contribution in [3.8, 4) is 17.1 Å². The topological polar surface area (TPSA) is 48.9 Å². The zero-order valence-electron chi connectivity index (χ0n) is 9.74. The van der Waals surface area contributed by atoms with Gasteiger partial charge in [-0.05, 0) is 42.8 Å². The molecule has 3 nitrogen and oxygen atoms in total. The van der Waals surface area contributed by atoms with Crippen molar-refractivity contribution in [1.82, 2.24) is 9.97 Å². The lowest BCUT2D eigenvalue weighted by Crippen LogP contribution is -1.82. The van der Waals surface area contributed by atoms with E-state index in [4.69, 9.17) is 11.6 Å². The van der Waals surface area contributed by atoms with Gasteiger partial charge in [-0.25, -0.2) is 4.98 Å². The van der Waals surface area contributed by atoms with Gasteiger partial charge in [-0.2, -0.15) is 0 Å². The van der Waals surface area contributed by atoms with E-state index in [2.05, 4.69) is 9.97 Å². The maximum Gasteiger partial charge on any atom is 0.138 e. The van der Waals surface area contributed by atoms with E-state index >= 15 is 0 Å². The second-order valence-electron chi connectivity index (χ2n) is 4.25. The minimum absolute atomic E-state index is 0.227. The van der Waals surface area contributed by atoms with E-state index in [1.54, 1.807) is 18.2 Å². The van der Waals surface area contributed by atoms with Gasteiger partial charge in [0.2, 0.25) is 0 Å². The molecule has 0 radical (unpaired) electrons. The number of aromatic hydroxyl groups is 1. The molecule has 2 aromatic carbocycles. The molecule has 0 spiro atoms. The number of nitrogens with one attached hydrogen (secondary N) is 1. The molecule has 0 aliphatic carbocycles. The number of fused-ring (bicyclic) bond motifs is 1. The third-order valence-electron chi connectivity index (χ3n) is 2.90. The van der Waals surface area contributed by atoms with Crippen LogP contribution in [0.25, 0.3) is 22.4 Å². The quantitative estimate of drug-likeness (QED) is 0.695. The fourth-order valence-electron chi connectivity index (χ4n) is 1.93. The van der Waals surface area contributed by atoms with Crippen LogP contribution in [0.5, 0.6) is 5.75 Å². The van der Waals surface area contributed by atoms with E-state index in [1.807, 2.05) is 25.1 Å². The van der Waals surface area contributed by atoms with Crippen LogP contribution in [0.1, 0.15) is 5.56 Å². The minimum atomic E-state index is 0.227. The van der Waals surface area contributed by atoms with E-state index < -0.39 is 0 Å². The van der Waals surface area contributed by atoms with E-state index in [0.717, 1.165) is 33.0 Å². The van der Waals surface area contributed by atoms with Crippen LogP contribution < -0.4 is 0 Å². The van der Waals surface area contributed by atoms with Gasteiger partial charge in [0.15, 0.2) is 0 Å². The molecule has 3 rings (SSSR count). The zero-order chi connectivity index (χ0) is 12.7. The molecule has 0 atom stereocenters. The van der Waals surface area contributed by atoms with E-state index in [-0.39, 0.29) is 5.75 Å². The Balaban J connectivity index is 2.16. The Kier molecular flexibility index (Phi) is 2.49. The molecular formula is C14H11ClN2O. The maximum atomic E-state index is 9.43. The molecule has 4 heteroatoms. The van der Waals surface area contributed by atoms with Gasteiger partial charge in [0.25, 0.3) is 0 Å². The fraction of sp³-hybridized carbons (Fsp3) is 0.0714. The monoisotopic (exact) mass is 258 g/mol. The molecule has 90 valence electrons. The summed E-state index contributed by atoms with van der Waals surface area (Å²) in [5, 5.41) is 10.2. The number of H-pyrrole nitrogens is 1. The van der Waals surface area contributed by atoms with Crippen molar-refractivity contribution < 1.29 is 5.11 Å². The maximum absolute atomic E-state index is 9.43. The number of imidazole rings is 1. The Morgan fingerprint density at radius 1 is 1.17 bits per heavy atom. The molecule has 0 amide bonds. The van der Waals surface area contributed by atoms with Gasteiger partial charge in [0, 0.05) is 16.7 Å². The molecule has 0 saturated heterocycles. The number of rotatable bonds is 1. The van der Waals surface area contributed by atoms with Crippen LogP contribution in [-0.2, 0) is 0 Å². The molecule has 0 saturated carbocycles. The van der Waals surface area contributed by atoms with Gasteiger partial charge in [0.05, 0.1) is 11.0 Å². The molecule has 0 fully saturated rings. The molecule has 18 heavy (non-hydrogen) atoms. The third kappa shape index (κ3) is 1.83. The smallest absolute Gasteiger partial charge is 0.138 e. The molecule has 1 aromatic heterocycles. The highest BCUT2D eigenvalue weighted by molar-refractivity contribution is 6.31. The number of aromatic amines is 1. The molecule has 0 aliphatic rings. The largest absolute Gasteiger partial charge is 0.508 e. The van der Waals surface area contributed by atoms with Crippen molar-refractivity contribution in [3.63, 3.8) is 0 Å². The molecule has 2 N–H and O–H groups in total. The highest BCUT2D eigenvalue weighted by Crippen LogP contribution is 2.26. The third-order valence-corrected chi connectivity index (χ3v) is 3.32. The van der Waals surface area contributed by atoms with Crippen LogP contribution in [0.15, 0.2) is 36.4 Å². The van der Waals surface area contributed by atoms with Crippen molar-refractivity contribution >= 4 is 22.6 Å². The van der Waals surface area contributed by atoms with Gasteiger partial charge in [-0.1, -0.05) is 11.6 Å². The summed E-state index contributed by atoms with van der Waals surface area (Å²) in [6.07, 6.45) is 0. The predicted octanol–water partition coefficient (Wildman–Crippen LogP) is 3.90. The van der Waals surface area contributed by atoms with E-state index in [9.17, 15) is 5.11 Å². The first-order valence-electron chi connectivity index (χ1n) is 5.59. The average molecular weight is 259 g/mol. The van der Waals surface area contributed by atoms with Gasteiger partial charge < -0.3 is 10.1 Å². The molecule has 0 unspecified atom stereocenters. The van der Waals surface area contributed by atoms with Crippen molar-refractivity contribution in [2.45, 2.75) is 6.92 Å². The highest BCUT2D eigenvalue weighted by Gasteiger charge is 2.07. The number of benzene rings is 2. The van der Waals surface area contributed by atoms with Gasteiger partial charge >= 0.3 is 0 Å². The second-order valence-corrected chi connectivity index (χ2v) is 4.66. The number of phenols is 1. The Morgan fingerprint density at radius 3 is 2.78 bits per heavy atom. The number of hydrogen-bond donors (Lipinski definition) is 2. The lowest BCUT2D eigenvalue weighted by Gasteiger charge is -2.00. The van der Waals surface area contributed by atoms with Crippen LogP contribution in [0.2, 0.25) is 5.02 Å². The standard InChI is InChI=1S/C14H11ClN2O/c1-8-6-9(2-4-11(8)15)14-16-12-5-3-10(18)7-13(12)17-14/h2-7,18H,1H3,(H,16,17). The van der Waals surface area contributed by atoms with Crippen LogP contribution >= 0.6 is 11.6 Å². The van der Waals surface area contributed by atoms with Gasteiger partial charge in [-0.15, -0.1) is 0 Å². The van der Waals surface area contributed by atoms with Gasteiger partial charge in [-0.3, -0.25) is 0 Å². The molecule has 1 heterocycles. The zero-order valence-corrected chi connectivity index (χ0v) is 10.5. The lowest BCUT2D eigenvalue weighted by molar-refractivity contribution is 0.476. The van der Waals surface area contributed by atoms with E-state index in [1.165, 1.54) is 0 Å². The van der Waals surface area contributed by atoms with Crippen molar-refractivity contribution in [2.75, 3.05) is 0 Å². The Morgan fingerprint density at radius 2 is 2.00 bits per heavy atom. The number of hydrogen-bond acceptors (Lipinski definition) is 2. The number of aryl methyl sites for hydroxylation is 1. The number of aromatic nitrogens is 2. The first kappa shape index (κ1) is 11.1. The number of phenolic OH excluding ortho intramolecular Hbond substituents is 1. The fourth-order valence-corrected chi connectivity index (χ4v) is 2.04. The van der Waals surface area contributed by atoms with E-state index in [0.29, 0.717) is 0 Å². The van der Waals surface area contributed by atoms with Gasteiger partial charge in [0.1, 0.15) is 11.6 Å². The van der Waals surface area contributed by atoms with Crippen molar-refractivity contribution in [2.24, 2.45) is 0 Å². The molecular weight excluding hydrogens is 248 g/mol. The van der Waals surface area contributed by atoms with Crippen molar-refractivity contribution in [3.05, 3.63) is 47.0 Å². The normalized spacial score (nSPS) is 11.0. The predicted molar refractivity (Wildman–Crippen MR) is 72.9 cm³/mol. The summed E-state index contributed by atoms with van der Waals surface area (Å²) in [5.74, 6) is 1.00. The van der Waals surface area contributed by atoms with Crippen molar-refractivity contribution in [1.29, 1.82) is 0 Å². The average Bonchev–Trinajstić information content (AvgIpc) is 2.75. The number of halogens is 1. The highest BCUT2D eigenvalue weighted by atomic mass is 35.5. The van der Waals surface area contributed by atoms with Crippen LogP contribution in [0, 0.1) is 6.92 Å². The summed E-state index contributed by atoms with van der Waals surface area (Å²) in [5.41, 5.74) is 3.64. The molecule has 0 aliphatic heterocycles. The van der Waals surface area contributed by atoms with Crippen LogP contribution in [0.4, 0.5) is 0 Å². The Hall–Kier alpha value is -2.00. The number of nitrogens with zero attached hydrogens (tertiary/aromatic N) is 1. The first-order valence-corrected chi connectivity index (χ1v) is 5.96. The Bertz CT molecular complexity index is 734. The van der Waals surface area contributed by atoms with Crippen LogP contribution in [-0.4, -0.2) is 15.1 Å². The minimum Gasteiger partial charge on any atom is -0.508 e. The first-order chi connectivity index (χ1) is 8.63.